The molecular weight excluding hydrogens is 430 g/mol. The van der Waals surface area contributed by atoms with Gasteiger partial charge in [0.15, 0.2) is 0 Å². The summed E-state index contributed by atoms with van der Waals surface area (Å²) in [4.78, 5) is 38.8. The number of unbranched alkanes of at least 4 members (excludes halogenated alkanes) is 1. The number of benzene rings is 3. The largest absolute Gasteiger partial charge is 0.466 e. The van der Waals surface area contributed by atoms with Gasteiger partial charge in [-0.25, -0.2) is 0 Å². The van der Waals surface area contributed by atoms with Crippen LogP contribution in [0.15, 0.2) is 78.9 Å². The van der Waals surface area contributed by atoms with Gasteiger partial charge in [-0.2, -0.15) is 0 Å². The highest BCUT2D eigenvalue weighted by molar-refractivity contribution is 6.10. The maximum Gasteiger partial charge on any atom is 0.308 e. The van der Waals surface area contributed by atoms with E-state index in [9.17, 15) is 14.4 Å². The molecule has 3 aromatic rings. The number of amides is 1. The van der Waals surface area contributed by atoms with Crippen LogP contribution in [0.1, 0.15) is 43.5 Å². The molecule has 1 amide bonds. The SMILES string of the molecule is CCOC(=O)CCCCN(C(=O)c1ccccc1OC(C)=O)c1ccccc1-c1ccccc1. The number of ether oxygens (including phenoxy) is 2. The molecule has 0 aliphatic rings. The van der Waals surface area contributed by atoms with Crippen LogP contribution in [0.25, 0.3) is 11.1 Å². The van der Waals surface area contributed by atoms with E-state index in [-0.39, 0.29) is 17.6 Å². The van der Waals surface area contributed by atoms with E-state index in [1.54, 1.807) is 36.1 Å². The van der Waals surface area contributed by atoms with Gasteiger partial charge < -0.3 is 14.4 Å². The summed E-state index contributed by atoms with van der Waals surface area (Å²) in [6, 6.07) is 24.3. The van der Waals surface area contributed by atoms with E-state index in [4.69, 9.17) is 9.47 Å². The minimum atomic E-state index is -0.495. The summed E-state index contributed by atoms with van der Waals surface area (Å²) < 4.78 is 10.3. The third-order valence-corrected chi connectivity index (χ3v) is 5.21. The molecule has 0 aliphatic carbocycles. The van der Waals surface area contributed by atoms with Gasteiger partial charge in [0.1, 0.15) is 5.75 Å². The van der Waals surface area contributed by atoms with Gasteiger partial charge >= 0.3 is 11.9 Å². The zero-order valence-electron chi connectivity index (χ0n) is 19.5. The molecule has 0 unspecified atom stereocenters. The van der Waals surface area contributed by atoms with Crippen LogP contribution in [0.5, 0.6) is 5.75 Å². The standard InChI is InChI=1S/C28H29NO5/c1-3-33-27(31)19-11-12-20-29(28(32)24-16-8-10-18-26(24)34-21(2)30)25-17-9-7-15-23(25)22-13-5-4-6-14-22/h4-10,13-18H,3,11-12,19-20H2,1-2H3. The van der Waals surface area contributed by atoms with Crippen molar-refractivity contribution in [3.8, 4) is 16.9 Å². The van der Waals surface area contributed by atoms with Crippen molar-refractivity contribution in [3.05, 3.63) is 84.4 Å². The second-order valence-electron chi connectivity index (χ2n) is 7.69. The van der Waals surface area contributed by atoms with Crippen LogP contribution in [0.3, 0.4) is 0 Å². The zero-order valence-corrected chi connectivity index (χ0v) is 19.5. The van der Waals surface area contributed by atoms with Gasteiger partial charge in [0.05, 0.1) is 17.9 Å². The van der Waals surface area contributed by atoms with Gasteiger partial charge in [-0.1, -0.05) is 60.7 Å². The van der Waals surface area contributed by atoms with Crippen molar-refractivity contribution in [2.75, 3.05) is 18.1 Å². The Balaban J connectivity index is 1.96. The van der Waals surface area contributed by atoms with E-state index < -0.39 is 5.97 Å². The molecule has 34 heavy (non-hydrogen) atoms. The summed E-state index contributed by atoms with van der Waals surface area (Å²) in [7, 11) is 0. The highest BCUT2D eigenvalue weighted by Gasteiger charge is 2.24. The fourth-order valence-electron chi connectivity index (χ4n) is 3.71. The third-order valence-electron chi connectivity index (χ3n) is 5.21. The molecule has 0 heterocycles. The Morgan fingerprint density at radius 2 is 1.50 bits per heavy atom. The third kappa shape index (κ3) is 6.54. The van der Waals surface area contributed by atoms with Crippen LogP contribution in [0, 0.1) is 0 Å². The van der Waals surface area contributed by atoms with Crippen LogP contribution in [-0.4, -0.2) is 31.0 Å². The number of nitrogens with zero attached hydrogens (tertiary/aromatic N) is 1. The molecule has 3 aromatic carbocycles. The average Bonchev–Trinajstić information content (AvgIpc) is 2.84. The summed E-state index contributed by atoms with van der Waals surface area (Å²) in [6.45, 7) is 3.82. The average molecular weight is 460 g/mol. The van der Waals surface area contributed by atoms with Crippen molar-refractivity contribution in [3.63, 3.8) is 0 Å². The maximum absolute atomic E-state index is 13.8. The molecule has 0 spiro atoms. The first-order valence-corrected chi connectivity index (χ1v) is 11.4. The zero-order chi connectivity index (χ0) is 24.3. The normalized spacial score (nSPS) is 10.4. The Labute approximate surface area is 200 Å². The number of rotatable bonds is 10. The van der Waals surface area contributed by atoms with E-state index >= 15 is 0 Å². The predicted molar refractivity (Wildman–Crippen MR) is 132 cm³/mol. The smallest absolute Gasteiger partial charge is 0.308 e. The molecule has 0 N–H and O–H groups in total. The van der Waals surface area contributed by atoms with E-state index in [2.05, 4.69) is 0 Å². The first-order valence-electron chi connectivity index (χ1n) is 11.4. The minimum absolute atomic E-state index is 0.216. The van der Waals surface area contributed by atoms with E-state index in [0.29, 0.717) is 38.0 Å². The Morgan fingerprint density at radius 3 is 2.24 bits per heavy atom. The lowest BCUT2D eigenvalue weighted by atomic mass is 10.0. The first kappa shape index (κ1) is 24.7. The molecule has 0 radical (unpaired) electrons. The molecule has 0 saturated carbocycles. The first-order chi connectivity index (χ1) is 16.5. The van der Waals surface area contributed by atoms with E-state index in [1.165, 1.54) is 6.92 Å². The van der Waals surface area contributed by atoms with Crippen molar-refractivity contribution in [1.29, 1.82) is 0 Å². The minimum Gasteiger partial charge on any atom is -0.466 e. The molecular formula is C28H29NO5. The highest BCUT2D eigenvalue weighted by atomic mass is 16.5. The molecule has 6 nitrogen and oxygen atoms in total. The van der Waals surface area contributed by atoms with Gasteiger partial charge in [0, 0.05) is 25.5 Å². The highest BCUT2D eigenvalue weighted by Crippen LogP contribution is 2.33. The van der Waals surface area contributed by atoms with Crippen LogP contribution >= 0.6 is 0 Å². The van der Waals surface area contributed by atoms with E-state index in [1.807, 2.05) is 54.6 Å². The lowest BCUT2D eigenvalue weighted by Gasteiger charge is -2.26. The Bertz CT molecular complexity index is 1130. The fourth-order valence-corrected chi connectivity index (χ4v) is 3.71. The second-order valence-corrected chi connectivity index (χ2v) is 7.69. The van der Waals surface area contributed by atoms with Gasteiger partial charge in [-0.05, 0) is 43.5 Å². The second kappa shape index (κ2) is 12.3. The van der Waals surface area contributed by atoms with Crippen molar-refractivity contribution in [1.82, 2.24) is 0 Å². The van der Waals surface area contributed by atoms with Gasteiger partial charge in [-0.3, -0.25) is 14.4 Å². The van der Waals surface area contributed by atoms with E-state index in [0.717, 1.165) is 16.8 Å². The maximum atomic E-state index is 13.8. The topological polar surface area (TPSA) is 72.9 Å². The molecule has 0 aliphatic heterocycles. The molecule has 0 atom stereocenters. The fraction of sp³-hybridized carbons (Fsp3) is 0.250. The summed E-state index contributed by atoms with van der Waals surface area (Å²) in [5.74, 6) is -0.804. The van der Waals surface area contributed by atoms with Crippen LogP contribution in [0.2, 0.25) is 0 Å². The summed E-state index contributed by atoms with van der Waals surface area (Å²) in [5, 5.41) is 0. The Hall–Kier alpha value is -3.93. The van der Waals surface area contributed by atoms with Crippen molar-refractivity contribution in [2.45, 2.75) is 33.1 Å². The molecule has 176 valence electrons. The van der Waals surface area contributed by atoms with Crippen molar-refractivity contribution < 1.29 is 23.9 Å². The lowest BCUT2D eigenvalue weighted by Crippen LogP contribution is -2.33. The summed E-state index contributed by atoms with van der Waals surface area (Å²) in [6.07, 6.45) is 1.48. The van der Waals surface area contributed by atoms with Crippen molar-refractivity contribution >= 4 is 23.5 Å². The predicted octanol–water partition coefficient (Wildman–Crippen LogP) is 5.66. The lowest BCUT2D eigenvalue weighted by molar-refractivity contribution is -0.143. The number of hydrogen-bond acceptors (Lipinski definition) is 5. The molecule has 0 aromatic heterocycles. The number of hydrogen-bond donors (Lipinski definition) is 0. The number of anilines is 1. The molecule has 3 rings (SSSR count). The van der Waals surface area contributed by atoms with Gasteiger partial charge in [0.25, 0.3) is 5.91 Å². The summed E-state index contributed by atoms with van der Waals surface area (Å²) >= 11 is 0. The van der Waals surface area contributed by atoms with Crippen molar-refractivity contribution in [2.24, 2.45) is 0 Å². The number of carbonyl (C=O) groups is 3. The quantitative estimate of drug-likeness (QED) is 0.222. The van der Waals surface area contributed by atoms with Crippen LogP contribution in [-0.2, 0) is 14.3 Å². The Morgan fingerprint density at radius 1 is 0.824 bits per heavy atom. The van der Waals surface area contributed by atoms with Crippen LogP contribution < -0.4 is 9.64 Å². The number of esters is 2. The van der Waals surface area contributed by atoms with Gasteiger partial charge in [0.2, 0.25) is 0 Å². The molecule has 0 saturated heterocycles. The van der Waals surface area contributed by atoms with Gasteiger partial charge in [-0.15, -0.1) is 0 Å². The molecule has 6 heteroatoms. The molecule has 0 bridgehead atoms. The monoisotopic (exact) mass is 459 g/mol. The Kier molecular flexibility index (Phi) is 8.97. The number of carbonyl (C=O) groups excluding carboxylic acids is 3. The summed E-state index contributed by atoms with van der Waals surface area (Å²) in [5.41, 5.74) is 2.93. The number of para-hydroxylation sites is 2. The van der Waals surface area contributed by atoms with Crippen LogP contribution in [0.4, 0.5) is 5.69 Å². The molecule has 0 fully saturated rings.